The summed E-state index contributed by atoms with van der Waals surface area (Å²) >= 11 is 11.9. The van der Waals surface area contributed by atoms with Gasteiger partial charge in [-0.2, -0.15) is 0 Å². The third kappa shape index (κ3) is 8.13. The minimum atomic E-state index is -0.740. The van der Waals surface area contributed by atoms with E-state index in [9.17, 15) is 4.79 Å². The molecule has 31 heavy (non-hydrogen) atoms. The summed E-state index contributed by atoms with van der Waals surface area (Å²) in [6, 6.07) is 10.7. The van der Waals surface area contributed by atoms with Gasteiger partial charge in [-0.25, -0.2) is 0 Å². The van der Waals surface area contributed by atoms with Gasteiger partial charge in [0.25, 0.3) is 5.91 Å². The molecule has 2 rings (SSSR count). The highest BCUT2D eigenvalue weighted by molar-refractivity contribution is 6.42. The van der Waals surface area contributed by atoms with Crippen LogP contribution in [0.2, 0.25) is 10.0 Å². The summed E-state index contributed by atoms with van der Waals surface area (Å²) in [4.78, 5) is 12.6. The number of benzene rings is 2. The first-order valence-electron chi connectivity index (χ1n) is 10.1. The molecule has 2 aromatic carbocycles. The van der Waals surface area contributed by atoms with Crippen LogP contribution in [0.1, 0.15) is 26.3 Å². The van der Waals surface area contributed by atoms with Gasteiger partial charge in [-0.15, -0.1) is 0 Å². The molecule has 0 fully saturated rings. The Kier molecular flexibility index (Phi) is 10.2. The van der Waals surface area contributed by atoms with Crippen LogP contribution >= 0.6 is 23.2 Å². The van der Waals surface area contributed by atoms with E-state index in [0.717, 1.165) is 5.56 Å². The van der Waals surface area contributed by atoms with Crippen LogP contribution in [-0.2, 0) is 16.0 Å². The van der Waals surface area contributed by atoms with E-state index in [4.69, 9.17) is 42.1 Å². The van der Waals surface area contributed by atoms with E-state index < -0.39 is 6.10 Å². The summed E-state index contributed by atoms with van der Waals surface area (Å²) in [6.07, 6.45) is -0.0484. The number of carbonyl (C=O) groups is 1. The minimum absolute atomic E-state index is 0.0562. The van der Waals surface area contributed by atoms with Crippen LogP contribution in [-0.4, -0.2) is 45.0 Å². The number of hydrogen-bond donors (Lipinski definition) is 1. The summed E-state index contributed by atoms with van der Waals surface area (Å²) < 4.78 is 22.3. The fourth-order valence-corrected chi connectivity index (χ4v) is 3.09. The maximum absolute atomic E-state index is 12.6. The SMILES string of the molecule is CCOC(COc1ccc(Cl)c(Cl)c1)C(=O)NCCc1ccc(OC(C)C)c(OC)c1. The Balaban J connectivity index is 1.88. The number of rotatable bonds is 12. The van der Waals surface area contributed by atoms with Crippen LogP contribution in [0, 0.1) is 0 Å². The van der Waals surface area contributed by atoms with Crippen molar-refractivity contribution < 1.29 is 23.7 Å². The molecule has 0 heterocycles. The Labute approximate surface area is 193 Å². The van der Waals surface area contributed by atoms with Gasteiger partial charge in [-0.1, -0.05) is 29.3 Å². The third-order valence-corrected chi connectivity index (χ3v) is 5.00. The lowest BCUT2D eigenvalue weighted by atomic mass is 10.1. The smallest absolute Gasteiger partial charge is 0.252 e. The highest BCUT2D eigenvalue weighted by Crippen LogP contribution is 2.29. The van der Waals surface area contributed by atoms with Crippen molar-refractivity contribution in [1.82, 2.24) is 5.32 Å². The van der Waals surface area contributed by atoms with Crippen molar-refractivity contribution in [2.24, 2.45) is 0 Å². The first kappa shape index (κ1) is 25.1. The van der Waals surface area contributed by atoms with Crippen LogP contribution in [0.5, 0.6) is 17.2 Å². The highest BCUT2D eigenvalue weighted by atomic mass is 35.5. The minimum Gasteiger partial charge on any atom is -0.493 e. The zero-order valence-electron chi connectivity index (χ0n) is 18.2. The van der Waals surface area contributed by atoms with Gasteiger partial charge in [-0.3, -0.25) is 4.79 Å². The fourth-order valence-electron chi connectivity index (χ4n) is 2.80. The normalized spacial score (nSPS) is 11.8. The first-order valence-corrected chi connectivity index (χ1v) is 10.9. The molecule has 0 aromatic heterocycles. The summed E-state index contributed by atoms with van der Waals surface area (Å²) in [5.41, 5.74) is 1.02. The monoisotopic (exact) mass is 469 g/mol. The molecule has 0 saturated heterocycles. The highest BCUT2D eigenvalue weighted by Gasteiger charge is 2.19. The van der Waals surface area contributed by atoms with Crippen molar-refractivity contribution >= 4 is 29.1 Å². The summed E-state index contributed by atoms with van der Waals surface area (Å²) in [5, 5.41) is 3.72. The Bertz CT molecular complexity index is 860. The van der Waals surface area contributed by atoms with Crippen LogP contribution in [0.4, 0.5) is 0 Å². The van der Waals surface area contributed by atoms with Crippen molar-refractivity contribution in [3.8, 4) is 17.2 Å². The zero-order valence-corrected chi connectivity index (χ0v) is 19.8. The predicted octanol–water partition coefficient (Wildman–Crippen LogP) is 4.93. The van der Waals surface area contributed by atoms with Crippen LogP contribution < -0.4 is 19.5 Å². The second kappa shape index (κ2) is 12.6. The summed E-state index contributed by atoms with van der Waals surface area (Å²) in [5.74, 6) is 1.64. The molecule has 1 N–H and O–H groups in total. The standard InChI is InChI=1S/C23H29Cl2NO5/c1-5-29-22(14-30-17-7-8-18(24)19(25)13-17)23(27)26-11-10-16-6-9-20(31-15(2)3)21(12-16)28-4/h6-9,12-13,15,22H,5,10-11,14H2,1-4H3,(H,26,27). The van der Waals surface area contributed by atoms with Gasteiger partial charge in [0.15, 0.2) is 17.6 Å². The van der Waals surface area contributed by atoms with Crippen LogP contribution in [0.15, 0.2) is 36.4 Å². The lowest BCUT2D eigenvalue weighted by Gasteiger charge is -2.18. The van der Waals surface area contributed by atoms with E-state index in [1.54, 1.807) is 25.3 Å². The zero-order chi connectivity index (χ0) is 22.8. The number of methoxy groups -OCH3 is 1. The van der Waals surface area contributed by atoms with Crippen molar-refractivity contribution in [2.45, 2.75) is 39.4 Å². The molecule has 0 aliphatic rings. The molecule has 0 radical (unpaired) electrons. The number of nitrogens with one attached hydrogen (secondary N) is 1. The number of hydrogen-bond acceptors (Lipinski definition) is 5. The number of ether oxygens (including phenoxy) is 4. The maximum atomic E-state index is 12.6. The third-order valence-electron chi connectivity index (χ3n) is 4.26. The Morgan fingerprint density at radius 2 is 1.84 bits per heavy atom. The average Bonchev–Trinajstić information content (AvgIpc) is 2.74. The molecule has 1 unspecified atom stereocenters. The summed E-state index contributed by atoms with van der Waals surface area (Å²) in [7, 11) is 1.61. The molecule has 0 aliphatic carbocycles. The Morgan fingerprint density at radius 1 is 1.06 bits per heavy atom. The second-order valence-electron chi connectivity index (χ2n) is 7.02. The summed E-state index contributed by atoms with van der Waals surface area (Å²) in [6.45, 7) is 6.64. The van der Waals surface area contributed by atoms with E-state index in [-0.39, 0.29) is 18.6 Å². The molecule has 8 heteroatoms. The van der Waals surface area contributed by atoms with Gasteiger partial charge in [0.2, 0.25) is 0 Å². The van der Waals surface area contributed by atoms with E-state index in [0.29, 0.717) is 46.9 Å². The van der Waals surface area contributed by atoms with Crippen molar-refractivity contribution in [1.29, 1.82) is 0 Å². The van der Waals surface area contributed by atoms with E-state index in [2.05, 4.69) is 5.32 Å². The van der Waals surface area contributed by atoms with Crippen LogP contribution in [0.3, 0.4) is 0 Å². The molecule has 2 aromatic rings. The van der Waals surface area contributed by atoms with Crippen molar-refractivity contribution in [2.75, 3.05) is 26.9 Å². The molecule has 170 valence electrons. The van der Waals surface area contributed by atoms with Crippen LogP contribution in [0.25, 0.3) is 0 Å². The lowest BCUT2D eigenvalue weighted by Crippen LogP contribution is -2.41. The van der Waals surface area contributed by atoms with E-state index >= 15 is 0 Å². The molecule has 6 nitrogen and oxygen atoms in total. The Morgan fingerprint density at radius 3 is 2.48 bits per heavy atom. The molecule has 1 amide bonds. The fraction of sp³-hybridized carbons (Fsp3) is 0.435. The topological polar surface area (TPSA) is 66.0 Å². The number of carbonyl (C=O) groups excluding carboxylic acids is 1. The molecular weight excluding hydrogens is 441 g/mol. The van der Waals surface area contributed by atoms with Gasteiger partial charge in [-0.05, 0) is 57.0 Å². The van der Waals surface area contributed by atoms with Crippen molar-refractivity contribution in [3.63, 3.8) is 0 Å². The molecule has 0 spiro atoms. The quantitative estimate of drug-likeness (QED) is 0.477. The molecule has 1 atom stereocenters. The first-order chi connectivity index (χ1) is 14.8. The largest absolute Gasteiger partial charge is 0.493 e. The van der Waals surface area contributed by atoms with E-state index in [1.807, 2.05) is 39.0 Å². The Hall–Kier alpha value is -2.15. The van der Waals surface area contributed by atoms with Crippen molar-refractivity contribution in [3.05, 3.63) is 52.0 Å². The predicted molar refractivity (Wildman–Crippen MR) is 123 cm³/mol. The molecule has 0 bridgehead atoms. The molecule has 0 saturated carbocycles. The number of halogens is 2. The van der Waals surface area contributed by atoms with Gasteiger partial charge < -0.3 is 24.3 Å². The molecular formula is C23H29Cl2NO5. The van der Waals surface area contributed by atoms with E-state index in [1.165, 1.54) is 0 Å². The molecule has 0 aliphatic heterocycles. The maximum Gasteiger partial charge on any atom is 0.252 e. The number of amides is 1. The van der Waals surface area contributed by atoms with Gasteiger partial charge in [0.05, 0.1) is 23.3 Å². The van der Waals surface area contributed by atoms with Gasteiger partial charge in [0, 0.05) is 19.2 Å². The van der Waals surface area contributed by atoms with Gasteiger partial charge >= 0.3 is 0 Å². The lowest BCUT2D eigenvalue weighted by molar-refractivity contribution is -0.134. The average molecular weight is 470 g/mol. The van der Waals surface area contributed by atoms with Gasteiger partial charge in [0.1, 0.15) is 12.4 Å². The second-order valence-corrected chi connectivity index (χ2v) is 7.84.